The van der Waals surface area contributed by atoms with Crippen molar-refractivity contribution in [1.82, 2.24) is 0 Å². The van der Waals surface area contributed by atoms with Crippen LogP contribution in [0.2, 0.25) is 0 Å². The predicted molar refractivity (Wildman–Crippen MR) is 52.9 cm³/mol. The molecule has 0 aliphatic heterocycles. The van der Waals surface area contributed by atoms with E-state index in [4.69, 9.17) is 11.0 Å². The minimum absolute atomic E-state index is 0.264. The summed E-state index contributed by atoms with van der Waals surface area (Å²) in [5, 5.41) is 8.90. The Morgan fingerprint density at radius 1 is 1.43 bits per heavy atom. The average molecular weight is 192 g/mol. The lowest BCUT2D eigenvalue weighted by Crippen LogP contribution is -2.27. The standard InChI is InChI=1S/C11H13FN2/c1-11(7-13,8-14)6-9-2-4-10(12)5-3-9/h2-5H,6-7,13H2,1H3. The molecule has 3 heteroatoms. The molecule has 0 saturated carbocycles. The van der Waals surface area contributed by atoms with E-state index in [1.165, 1.54) is 12.1 Å². The van der Waals surface area contributed by atoms with E-state index in [1.54, 1.807) is 19.1 Å². The molecule has 0 bridgehead atoms. The zero-order chi connectivity index (χ0) is 10.6. The van der Waals surface area contributed by atoms with Gasteiger partial charge in [-0.05, 0) is 31.0 Å². The van der Waals surface area contributed by atoms with E-state index in [9.17, 15) is 4.39 Å². The van der Waals surface area contributed by atoms with E-state index < -0.39 is 5.41 Å². The third kappa shape index (κ3) is 2.54. The molecule has 0 spiro atoms. The van der Waals surface area contributed by atoms with Gasteiger partial charge in [-0.15, -0.1) is 0 Å². The van der Waals surface area contributed by atoms with Crippen molar-refractivity contribution < 1.29 is 4.39 Å². The highest BCUT2D eigenvalue weighted by molar-refractivity contribution is 5.19. The smallest absolute Gasteiger partial charge is 0.123 e. The van der Waals surface area contributed by atoms with Crippen LogP contribution in [0.3, 0.4) is 0 Å². The first kappa shape index (κ1) is 10.7. The number of halogens is 1. The van der Waals surface area contributed by atoms with Crippen molar-refractivity contribution in [2.75, 3.05) is 6.54 Å². The first-order valence-electron chi connectivity index (χ1n) is 4.45. The summed E-state index contributed by atoms with van der Waals surface area (Å²) in [6.45, 7) is 2.11. The van der Waals surface area contributed by atoms with Gasteiger partial charge in [0.1, 0.15) is 5.82 Å². The Labute approximate surface area is 83.2 Å². The number of nitrogens with two attached hydrogens (primary N) is 1. The predicted octanol–water partition coefficient (Wildman–Crippen LogP) is 1.86. The number of nitrogens with zero attached hydrogens (tertiary/aromatic N) is 1. The molecule has 0 heterocycles. The second-order valence-electron chi connectivity index (χ2n) is 3.68. The lowest BCUT2D eigenvalue weighted by Gasteiger charge is -2.18. The molecule has 14 heavy (non-hydrogen) atoms. The maximum Gasteiger partial charge on any atom is 0.123 e. The lowest BCUT2D eigenvalue weighted by atomic mass is 9.85. The van der Waals surface area contributed by atoms with E-state index >= 15 is 0 Å². The van der Waals surface area contributed by atoms with Crippen molar-refractivity contribution in [3.05, 3.63) is 35.6 Å². The maximum atomic E-state index is 12.6. The van der Waals surface area contributed by atoms with Gasteiger partial charge in [-0.1, -0.05) is 12.1 Å². The van der Waals surface area contributed by atoms with Crippen LogP contribution in [0.25, 0.3) is 0 Å². The molecule has 74 valence electrons. The highest BCUT2D eigenvalue weighted by Gasteiger charge is 2.22. The number of hydrogen-bond donors (Lipinski definition) is 1. The van der Waals surface area contributed by atoms with Crippen LogP contribution < -0.4 is 5.73 Å². The largest absolute Gasteiger partial charge is 0.329 e. The van der Waals surface area contributed by atoms with Crippen molar-refractivity contribution in [2.24, 2.45) is 11.1 Å². The van der Waals surface area contributed by atoms with Gasteiger partial charge in [-0.2, -0.15) is 5.26 Å². The second kappa shape index (κ2) is 4.21. The van der Waals surface area contributed by atoms with Crippen molar-refractivity contribution in [3.63, 3.8) is 0 Å². The van der Waals surface area contributed by atoms with Crippen molar-refractivity contribution in [1.29, 1.82) is 5.26 Å². The molecule has 1 rings (SSSR count). The van der Waals surface area contributed by atoms with E-state index in [0.29, 0.717) is 13.0 Å². The molecule has 1 unspecified atom stereocenters. The Hall–Kier alpha value is -1.40. The highest BCUT2D eigenvalue weighted by atomic mass is 19.1. The average Bonchev–Trinajstić information content (AvgIpc) is 2.21. The summed E-state index contributed by atoms with van der Waals surface area (Å²) in [5.74, 6) is -0.264. The Kier molecular flexibility index (Phi) is 3.21. The molecule has 0 aromatic heterocycles. The fourth-order valence-electron chi connectivity index (χ4n) is 1.21. The molecular weight excluding hydrogens is 179 g/mol. The third-order valence-electron chi connectivity index (χ3n) is 2.23. The van der Waals surface area contributed by atoms with Crippen LogP contribution in [0.5, 0.6) is 0 Å². The van der Waals surface area contributed by atoms with Crippen LogP contribution in [-0.4, -0.2) is 6.54 Å². The van der Waals surface area contributed by atoms with Gasteiger partial charge in [0.25, 0.3) is 0 Å². The topological polar surface area (TPSA) is 49.8 Å². The monoisotopic (exact) mass is 192 g/mol. The maximum absolute atomic E-state index is 12.6. The normalized spacial score (nSPS) is 14.4. The number of hydrogen-bond acceptors (Lipinski definition) is 2. The summed E-state index contributed by atoms with van der Waals surface area (Å²) in [6.07, 6.45) is 0.556. The Morgan fingerprint density at radius 3 is 2.43 bits per heavy atom. The van der Waals surface area contributed by atoms with Crippen molar-refractivity contribution in [3.8, 4) is 6.07 Å². The molecule has 0 aliphatic carbocycles. The van der Waals surface area contributed by atoms with Gasteiger partial charge in [0.05, 0.1) is 11.5 Å². The van der Waals surface area contributed by atoms with Crippen LogP contribution >= 0.6 is 0 Å². The molecule has 1 aromatic rings. The summed E-state index contributed by atoms with van der Waals surface area (Å²) >= 11 is 0. The van der Waals surface area contributed by atoms with Crippen LogP contribution in [0.4, 0.5) is 4.39 Å². The summed E-state index contributed by atoms with van der Waals surface area (Å²) in [5.41, 5.74) is 5.87. The second-order valence-corrected chi connectivity index (χ2v) is 3.68. The first-order valence-corrected chi connectivity index (χ1v) is 4.45. The molecule has 0 radical (unpaired) electrons. The summed E-state index contributed by atoms with van der Waals surface area (Å²) < 4.78 is 12.6. The summed E-state index contributed by atoms with van der Waals surface area (Å²) in [7, 11) is 0. The lowest BCUT2D eigenvalue weighted by molar-refractivity contribution is 0.452. The molecule has 0 fully saturated rings. The SMILES string of the molecule is CC(C#N)(CN)Cc1ccc(F)cc1. The summed E-state index contributed by atoms with van der Waals surface area (Å²) in [6, 6.07) is 8.32. The van der Waals surface area contributed by atoms with Gasteiger partial charge in [0, 0.05) is 6.54 Å². The fourth-order valence-corrected chi connectivity index (χ4v) is 1.21. The van der Waals surface area contributed by atoms with Crippen LogP contribution in [0, 0.1) is 22.6 Å². The van der Waals surface area contributed by atoms with Gasteiger partial charge in [-0.25, -0.2) is 4.39 Å². The zero-order valence-electron chi connectivity index (χ0n) is 8.13. The van der Waals surface area contributed by atoms with Crippen molar-refractivity contribution >= 4 is 0 Å². The zero-order valence-corrected chi connectivity index (χ0v) is 8.13. The van der Waals surface area contributed by atoms with Gasteiger partial charge < -0.3 is 5.73 Å². The number of nitriles is 1. The molecule has 0 saturated heterocycles. The van der Waals surface area contributed by atoms with Crippen LogP contribution in [-0.2, 0) is 6.42 Å². The van der Waals surface area contributed by atoms with E-state index in [0.717, 1.165) is 5.56 Å². The van der Waals surface area contributed by atoms with Crippen LogP contribution in [0.1, 0.15) is 12.5 Å². The molecule has 1 atom stereocenters. The first-order chi connectivity index (χ1) is 6.59. The van der Waals surface area contributed by atoms with Crippen LogP contribution in [0.15, 0.2) is 24.3 Å². The number of benzene rings is 1. The molecule has 2 nitrogen and oxygen atoms in total. The minimum Gasteiger partial charge on any atom is -0.329 e. The van der Waals surface area contributed by atoms with Gasteiger partial charge in [-0.3, -0.25) is 0 Å². The Morgan fingerprint density at radius 2 is 2.00 bits per heavy atom. The van der Waals surface area contributed by atoms with Crippen molar-refractivity contribution in [2.45, 2.75) is 13.3 Å². The summed E-state index contributed by atoms with van der Waals surface area (Å²) in [4.78, 5) is 0. The fraction of sp³-hybridized carbons (Fsp3) is 0.364. The van der Waals surface area contributed by atoms with Gasteiger partial charge in [0.15, 0.2) is 0 Å². The van der Waals surface area contributed by atoms with Gasteiger partial charge in [0.2, 0.25) is 0 Å². The molecule has 1 aromatic carbocycles. The molecule has 0 aliphatic rings. The Balaban J connectivity index is 2.79. The highest BCUT2D eigenvalue weighted by Crippen LogP contribution is 2.20. The minimum atomic E-state index is -0.558. The Bertz CT molecular complexity index is 339. The molecular formula is C11H13FN2. The van der Waals surface area contributed by atoms with E-state index in [2.05, 4.69) is 6.07 Å². The van der Waals surface area contributed by atoms with Gasteiger partial charge >= 0.3 is 0 Å². The third-order valence-corrected chi connectivity index (χ3v) is 2.23. The van der Waals surface area contributed by atoms with E-state index in [1.807, 2.05) is 0 Å². The van der Waals surface area contributed by atoms with E-state index in [-0.39, 0.29) is 5.82 Å². The molecule has 2 N–H and O–H groups in total. The number of rotatable bonds is 3. The molecule has 0 amide bonds. The quantitative estimate of drug-likeness (QED) is 0.794.